The summed E-state index contributed by atoms with van der Waals surface area (Å²) in [5.74, 6) is 1.87. The topological polar surface area (TPSA) is 43.4 Å². The van der Waals surface area contributed by atoms with E-state index < -0.39 is 0 Å². The molecule has 142 valence electrons. The number of ether oxygens (including phenoxy) is 1. The van der Waals surface area contributed by atoms with Gasteiger partial charge in [0.05, 0.1) is 0 Å². The highest BCUT2D eigenvalue weighted by Gasteiger charge is 2.64. The maximum atomic E-state index is 12.1. The Morgan fingerprint density at radius 2 is 1.85 bits per heavy atom. The van der Waals surface area contributed by atoms with E-state index in [0.717, 1.165) is 44.1 Å². The Bertz CT molecular complexity index is 719. The molecule has 6 atom stereocenters. The van der Waals surface area contributed by atoms with Crippen molar-refractivity contribution in [1.29, 1.82) is 0 Å². The molecule has 0 radical (unpaired) electrons. The van der Waals surface area contributed by atoms with Crippen LogP contribution in [0.25, 0.3) is 0 Å². The molecule has 3 nitrogen and oxygen atoms in total. The van der Waals surface area contributed by atoms with Crippen molar-refractivity contribution in [2.75, 3.05) is 0 Å². The van der Waals surface area contributed by atoms with Gasteiger partial charge >= 0.3 is 5.97 Å². The number of rotatable bonds is 1. The summed E-state index contributed by atoms with van der Waals surface area (Å²) in [6.45, 7) is 12.5. The van der Waals surface area contributed by atoms with Crippen molar-refractivity contribution in [3.05, 3.63) is 23.8 Å². The molecule has 4 aliphatic carbocycles. The van der Waals surface area contributed by atoms with Crippen molar-refractivity contribution >= 4 is 11.8 Å². The minimum Gasteiger partial charge on any atom is -0.459 e. The van der Waals surface area contributed by atoms with Gasteiger partial charge in [-0.15, -0.1) is 0 Å². The molecule has 0 aliphatic heterocycles. The van der Waals surface area contributed by atoms with Crippen molar-refractivity contribution < 1.29 is 14.3 Å². The van der Waals surface area contributed by atoms with Gasteiger partial charge in [-0.1, -0.05) is 26.0 Å². The SMILES string of the molecule is C=C1C[C@]2(C)C(=CC1=O)CC[C@H]1[C@H]2CC[C@]2(C)[C@H]1CC[C@]2(C)OC(C)=O. The first-order chi connectivity index (χ1) is 12.1. The van der Waals surface area contributed by atoms with E-state index in [0.29, 0.717) is 17.8 Å². The summed E-state index contributed by atoms with van der Waals surface area (Å²) in [6, 6.07) is 0. The first kappa shape index (κ1) is 18.0. The summed E-state index contributed by atoms with van der Waals surface area (Å²) in [6.07, 6.45) is 9.31. The summed E-state index contributed by atoms with van der Waals surface area (Å²) in [5.41, 5.74) is 1.97. The molecule has 0 aromatic heterocycles. The zero-order chi connectivity index (χ0) is 18.9. The average Bonchev–Trinajstić information content (AvgIpc) is 2.80. The molecule has 0 spiro atoms. The highest BCUT2D eigenvalue weighted by Crippen LogP contribution is 2.68. The maximum Gasteiger partial charge on any atom is 0.303 e. The molecular weight excluding hydrogens is 324 g/mol. The third kappa shape index (κ3) is 2.25. The molecule has 0 saturated heterocycles. The number of esters is 1. The molecule has 4 aliphatic rings. The minimum absolute atomic E-state index is 0.0684. The van der Waals surface area contributed by atoms with Gasteiger partial charge in [0.2, 0.25) is 0 Å². The fraction of sp³-hybridized carbons (Fsp3) is 0.739. The smallest absolute Gasteiger partial charge is 0.303 e. The minimum atomic E-state index is -0.336. The summed E-state index contributed by atoms with van der Waals surface area (Å²) < 4.78 is 5.90. The number of carbonyl (C=O) groups excluding carboxylic acids is 2. The van der Waals surface area contributed by atoms with Crippen LogP contribution in [0.5, 0.6) is 0 Å². The fourth-order valence-electron chi connectivity index (χ4n) is 7.31. The van der Waals surface area contributed by atoms with E-state index in [1.165, 1.54) is 18.9 Å². The first-order valence-electron chi connectivity index (χ1n) is 10.2. The van der Waals surface area contributed by atoms with Gasteiger partial charge in [0, 0.05) is 12.3 Å². The van der Waals surface area contributed by atoms with Crippen LogP contribution in [0.3, 0.4) is 0 Å². The van der Waals surface area contributed by atoms with Gasteiger partial charge in [0.25, 0.3) is 0 Å². The molecule has 0 unspecified atom stereocenters. The Morgan fingerprint density at radius 3 is 2.54 bits per heavy atom. The van der Waals surface area contributed by atoms with E-state index in [9.17, 15) is 9.59 Å². The van der Waals surface area contributed by atoms with Crippen LogP contribution in [0.2, 0.25) is 0 Å². The number of hydrogen-bond donors (Lipinski definition) is 0. The highest BCUT2D eigenvalue weighted by atomic mass is 16.6. The van der Waals surface area contributed by atoms with Gasteiger partial charge in [-0.25, -0.2) is 0 Å². The lowest BCUT2D eigenvalue weighted by Gasteiger charge is -2.59. The largest absolute Gasteiger partial charge is 0.459 e. The number of ketones is 1. The molecule has 26 heavy (non-hydrogen) atoms. The second-order valence-electron chi connectivity index (χ2n) is 9.97. The van der Waals surface area contributed by atoms with Gasteiger partial charge in [0.15, 0.2) is 5.78 Å². The van der Waals surface area contributed by atoms with Gasteiger partial charge < -0.3 is 4.74 Å². The molecule has 3 saturated carbocycles. The van der Waals surface area contributed by atoms with E-state index in [4.69, 9.17) is 4.74 Å². The molecule has 0 aromatic carbocycles. The summed E-state index contributed by atoms with van der Waals surface area (Å²) in [7, 11) is 0. The van der Waals surface area contributed by atoms with Crippen LogP contribution < -0.4 is 0 Å². The van der Waals surface area contributed by atoms with E-state index in [1.807, 2.05) is 6.08 Å². The Hall–Kier alpha value is -1.38. The average molecular weight is 357 g/mol. The van der Waals surface area contributed by atoms with Gasteiger partial charge in [0.1, 0.15) is 5.60 Å². The molecule has 0 amide bonds. The lowest BCUT2D eigenvalue weighted by Crippen LogP contribution is -2.55. The van der Waals surface area contributed by atoms with Crippen molar-refractivity contribution in [3.63, 3.8) is 0 Å². The number of allylic oxidation sites excluding steroid dienone is 2. The Labute approximate surface area is 157 Å². The molecule has 3 heteroatoms. The zero-order valence-corrected chi connectivity index (χ0v) is 16.7. The molecule has 0 aromatic rings. The zero-order valence-electron chi connectivity index (χ0n) is 16.7. The standard InChI is InChI=1S/C23H32O3/c1-14-13-21(3)16(12-20(14)25)6-7-17-18(21)8-10-22(4)19(17)9-11-23(22,5)26-15(2)24/h12,17-19H,1,6-11,13H2,2-5H3/t17-,18+,19-,21+,22+,23-/m0/s1. The maximum absolute atomic E-state index is 12.1. The second kappa shape index (κ2) is 5.56. The van der Waals surface area contributed by atoms with E-state index in [-0.39, 0.29) is 28.2 Å². The number of hydrogen-bond acceptors (Lipinski definition) is 3. The van der Waals surface area contributed by atoms with Crippen LogP contribution in [0, 0.1) is 28.6 Å². The van der Waals surface area contributed by atoms with Crippen molar-refractivity contribution in [3.8, 4) is 0 Å². The lowest BCUT2D eigenvalue weighted by atomic mass is 9.46. The second-order valence-corrected chi connectivity index (χ2v) is 9.97. The Morgan fingerprint density at radius 1 is 1.15 bits per heavy atom. The van der Waals surface area contributed by atoms with Crippen LogP contribution in [0.1, 0.15) is 72.6 Å². The molecule has 0 N–H and O–H groups in total. The predicted octanol–water partition coefficient (Wildman–Crippen LogP) is 5.01. The van der Waals surface area contributed by atoms with Crippen molar-refractivity contribution in [2.45, 2.75) is 78.2 Å². The van der Waals surface area contributed by atoms with Crippen LogP contribution >= 0.6 is 0 Å². The monoisotopic (exact) mass is 356 g/mol. The highest BCUT2D eigenvalue weighted by molar-refractivity contribution is 6.05. The number of carbonyl (C=O) groups is 2. The van der Waals surface area contributed by atoms with Crippen LogP contribution in [-0.2, 0) is 14.3 Å². The van der Waals surface area contributed by atoms with E-state index in [2.05, 4.69) is 27.4 Å². The Kier molecular flexibility index (Phi) is 3.85. The van der Waals surface area contributed by atoms with Crippen molar-refractivity contribution in [2.24, 2.45) is 28.6 Å². The van der Waals surface area contributed by atoms with Crippen LogP contribution in [-0.4, -0.2) is 17.4 Å². The molecule has 4 rings (SSSR count). The lowest BCUT2D eigenvalue weighted by molar-refractivity contribution is -0.177. The molecule has 3 fully saturated rings. The van der Waals surface area contributed by atoms with E-state index in [1.54, 1.807) is 0 Å². The fourth-order valence-corrected chi connectivity index (χ4v) is 7.31. The van der Waals surface area contributed by atoms with E-state index >= 15 is 0 Å². The first-order valence-corrected chi connectivity index (χ1v) is 10.2. The predicted molar refractivity (Wildman–Crippen MR) is 101 cm³/mol. The quantitative estimate of drug-likeness (QED) is 0.490. The van der Waals surface area contributed by atoms with Crippen LogP contribution in [0.15, 0.2) is 23.8 Å². The summed E-state index contributed by atoms with van der Waals surface area (Å²) >= 11 is 0. The molecular formula is C23H32O3. The molecule has 0 heterocycles. The van der Waals surface area contributed by atoms with Gasteiger partial charge in [-0.3, -0.25) is 9.59 Å². The number of fused-ring (bicyclic) bond motifs is 5. The van der Waals surface area contributed by atoms with Crippen LogP contribution in [0.4, 0.5) is 0 Å². The third-order valence-electron chi connectivity index (χ3n) is 8.87. The normalized spacial score (nSPS) is 47.5. The molecule has 0 bridgehead atoms. The summed E-state index contributed by atoms with van der Waals surface area (Å²) in [5, 5.41) is 0. The third-order valence-corrected chi connectivity index (χ3v) is 8.87. The Balaban J connectivity index is 1.67. The van der Waals surface area contributed by atoms with Gasteiger partial charge in [-0.2, -0.15) is 0 Å². The van der Waals surface area contributed by atoms with Crippen molar-refractivity contribution in [1.82, 2.24) is 0 Å². The van der Waals surface area contributed by atoms with Gasteiger partial charge in [-0.05, 0) is 86.7 Å². The summed E-state index contributed by atoms with van der Waals surface area (Å²) in [4.78, 5) is 23.9.